The van der Waals surface area contributed by atoms with Gasteiger partial charge in [-0.05, 0) is 74.3 Å². The Bertz CT molecular complexity index is 1170. The predicted octanol–water partition coefficient (Wildman–Crippen LogP) is 5.51. The molecule has 9 heteroatoms. The zero-order chi connectivity index (χ0) is 25.8. The fraction of sp³-hybridized carbons (Fsp3) is 0.385. The maximum atomic E-state index is 13.3. The van der Waals surface area contributed by atoms with Crippen LogP contribution in [-0.4, -0.2) is 34.0 Å². The second kappa shape index (κ2) is 10.9. The Morgan fingerprint density at radius 1 is 1.20 bits per heavy atom. The number of carboxylic acid groups (broad SMARTS) is 1. The van der Waals surface area contributed by atoms with Crippen molar-refractivity contribution in [2.24, 2.45) is 0 Å². The molecule has 6 nitrogen and oxygen atoms in total. The SMILES string of the molecule is CCCc1cc(C(F)(F)F)ccc1-n1nccc1CC(NC)c1ccc(OC(C)C(=O)O)c(C)c1. The van der Waals surface area contributed by atoms with Crippen LogP contribution in [0.4, 0.5) is 13.2 Å². The molecule has 0 aliphatic heterocycles. The van der Waals surface area contributed by atoms with E-state index in [2.05, 4.69) is 10.4 Å². The van der Waals surface area contributed by atoms with Crippen molar-refractivity contribution in [2.75, 3.05) is 7.05 Å². The van der Waals surface area contributed by atoms with Crippen molar-refractivity contribution in [3.63, 3.8) is 0 Å². The predicted molar refractivity (Wildman–Crippen MR) is 127 cm³/mol. The van der Waals surface area contributed by atoms with Gasteiger partial charge in [-0.1, -0.05) is 25.5 Å². The van der Waals surface area contributed by atoms with Gasteiger partial charge in [0.2, 0.25) is 0 Å². The van der Waals surface area contributed by atoms with Gasteiger partial charge in [-0.3, -0.25) is 0 Å². The molecule has 0 aliphatic rings. The van der Waals surface area contributed by atoms with Crippen molar-refractivity contribution in [3.05, 3.63) is 76.6 Å². The molecule has 0 amide bonds. The van der Waals surface area contributed by atoms with Crippen molar-refractivity contribution in [1.82, 2.24) is 15.1 Å². The fourth-order valence-corrected chi connectivity index (χ4v) is 4.00. The Morgan fingerprint density at radius 2 is 1.94 bits per heavy atom. The monoisotopic (exact) mass is 489 g/mol. The average Bonchev–Trinajstić information content (AvgIpc) is 3.26. The molecule has 0 bridgehead atoms. The lowest BCUT2D eigenvalue weighted by atomic mass is 9.99. The van der Waals surface area contributed by atoms with Crippen LogP contribution >= 0.6 is 0 Å². The molecule has 35 heavy (non-hydrogen) atoms. The number of likely N-dealkylation sites (N-methyl/N-ethyl adjacent to an activating group) is 1. The number of aliphatic carboxylic acids is 1. The van der Waals surface area contributed by atoms with Gasteiger partial charge in [-0.25, -0.2) is 9.48 Å². The summed E-state index contributed by atoms with van der Waals surface area (Å²) in [5, 5.41) is 16.8. The second-order valence-electron chi connectivity index (χ2n) is 8.49. The standard InChI is InChI=1S/C26H30F3N3O3/c1-5-6-19-14-20(26(27,28)29)8-9-23(19)32-21(11-12-31-32)15-22(30-4)18-7-10-24(16(2)13-18)35-17(3)25(33)34/h7-14,17,22,30H,5-6,15H2,1-4H3,(H,33,34). The van der Waals surface area contributed by atoms with E-state index in [1.54, 1.807) is 16.9 Å². The minimum absolute atomic E-state index is 0.112. The van der Waals surface area contributed by atoms with E-state index >= 15 is 0 Å². The van der Waals surface area contributed by atoms with E-state index in [-0.39, 0.29) is 6.04 Å². The van der Waals surface area contributed by atoms with Gasteiger partial charge in [-0.15, -0.1) is 0 Å². The molecule has 0 saturated heterocycles. The first-order valence-corrected chi connectivity index (χ1v) is 11.5. The van der Waals surface area contributed by atoms with Crippen molar-refractivity contribution >= 4 is 5.97 Å². The Morgan fingerprint density at radius 3 is 2.54 bits per heavy atom. The number of aromatic nitrogens is 2. The molecule has 0 radical (unpaired) electrons. The molecule has 0 spiro atoms. The highest BCUT2D eigenvalue weighted by atomic mass is 19.4. The summed E-state index contributed by atoms with van der Waals surface area (Å²) in [6.45, 7) is 5.25. The van der Waals surface area contributed by atoms with E-state index in [0.29, 0.717) is 36.3 Å². The van der Waals surface area contributed by atoms with Crippen LogP contribution < -0.4 is 10.1 Å². The third kappa shape index (κ3) is 6.22. The van der Waals surface area contributed by atoms with E-state index in [1.807, 2.05) is 39.1 Å². The van der Waals surface area contributed by atoms with Crippen LogP contribution in [0.1, 0.15) is 54.3 Å². The van der Waals surface area contributed by atoms with Crippen LogP contribution in [0.5, 0.6) is 5.75 Å². The van der Waals surface area contributed by atoms with Gasteiger partial charge in [0.05, 0.1) is 11.3 Å². The molecule has 2 N–H and O–H groups in total. The Kier molecular flexibility index (Phi) is 8.22. The van der Waals surface area contributed by atoms with Crippen LogP contribution in [0, 0.1) is 6.92 Å². The number of halogens is 3. The zero-order valence-electron chi connectivity index (χ0n) is 20.2. The third-order valence-corrected chi connectivity index (χ3v) is 5.89. The van der Waals surface area contributed by atoms with E-state index < -0.39 is 23.8 Å². The molecule has 0 aliphatic carbocycles. The largest absolute Gasteiger partial charge is 0.479 e. The Hall–Kier alpha value is -3.33. The normalized spacial score (nSPS) is 13.5. The molecule has 3 aromatic rings. The van der Waals surface area contributed by atoms with Crippen LogP contribution in [0.15, 0.2) is 48.7 Å². The van der Waals surface area contributed by atoms with Crippen LogP contribution in [0.2, 0.25) is 0 Å². The number of hydrogen-bond acceptors (Lipinski definition) is 4. The van der Waals surface area contributed by atoms with Gasteiger partial charge < -0.3 is 15.2 Å². The number of carboxylic acids is 1. The molecular weight excluding hydrogens is 459 g/mol. The molecule has 2 unspecified atom stereocenters. The zero-order valence-corrected chi connectivity index (χ0v) is 20.2. The Labute approximate surface area is 202 Å². The lowest BCUT2D eigenvalue weighted by molar-refractivity contribution is -0.144. The van der Waals surface area contributed by atoms with Crippen LogP contribution in [-0.2, 0) is 23.8 Å². The molecule has 2 atom stereocenters. The average molecular weight is 490 g/mol. The first kappa shape index (κ1) is 26.3. The van der Waals surface area contributed by atoms with Crippen molar-refractivity contribution in [2.45, 2.75) is 58.4 Å². The lowest BCUT2D eigenvalue weighted by Gasteiger charge is -2.21. The maximum absolute atomic E-state index is 13.3. The summed E-state index contributed by atoms with van der Waals surface area (Å²) in [5.74, 6) is -0.543. The van der Waals surface area contributed by atoms with Gasteiger partial charge in [0.1, 0.15) is 5.75 Å². The highest BCUT2D eigenvalue weighted by Gasteiger charge is 2.31. The van der Waals surface area contributed by atoms with Crippen LogP contribution in [0.25, 0.3) is 5.69 Å². The van der Waals surface area contributed by atoms with Gasteiger partial charge in [-0.2, -0.15) is 18.3 Å². The number of alkyl halides is 3. The molecule has 2 aromatic carbocycles. The maximum Gasteiger partial charge on any atom is 0.416 e. The molecule has 1 aromatic heterocycles. The van der Waals surface area contributed by atoms with Gasteiger partial charge in [0, 0.05) is 24.4 Å². The third-order valence-electron chi connectivity index (χ3n) is 5.89. The summed E-state index contributed by atoms with van der Waals surface area (Å²) in [6.07, 6.45) is -1.97. The summed E-state index contributed by atoms with van der Waals surface area (Å²) in [7, 11) is 1.83. The molecule has 3 rings (SSSR count). The fourth-order valence-electron chi connectivity index (χ4n) is 4.00. The summed E-state index contributed by atoms with van der Waals surface area (Å²) < 4.78 is 47.0. The van der Waals surface area contributed by atoms with Crippen molar-refractivity contribution in [3.8, 4) is 11.4 Å². The number of nitrogens with zero attached hydrogens (tertiary/aromatic N) is 2. The number of benzene rings is 2. The molecule has 0 fully saturated rings. The topological polar surface area (TPSA) is 76.4 Å². The van der Waals surface area contributed by atoms with Gasteiger partial charge >= 0.3 is 12.1 Å². The van der Waals surface area contributed by atoms with E-state index in [4.69, 9.17) is 9.84 Å². The summed E-state index contributed by atoms with van der Waals surface area (Å²) in [4.78, 5) is 11.1. The first-order chi connectivity index (χ1) is 16.5. The minimum atomic E-state index is -4.40. The molecular formula is C26H30F3N3O3. The van der Waals surface area contributed by atoms with E-state index in [1.165, 1.54) is 19.1 Å². The van der Waals surface area contributed by atoms with Crippen molar-refractivity contribution in [1.29, 1.82) is 0 Å². The lowest BCUT2D eigenvalue weighted by Crippen LogP contribution is -2.23. The number of carbonyl (C=O) groups is 1. The smallest absolute Gasteiger partial charge is 0.416 e. The summed E-state index contributed by atoms with van der Waals surface area (Å²) >= 11 is 0. The number of rotatable bonds is 10. The summed E-state index contributed by atoms with van der Waals surface area (Å²) in [6, 6.07) is 11.1. The quantitative estimate of drug-likeness (QED) is 0.393. The van der Waals surface area contributed by atoms with E-state index in [0.717, 1.165) is 22.9 Å². The first-order valence-electron chi connectivity index (χ1n) is 11.5. The van der Waals surface area contributed by atoms with Crippen molar-refractivity contribution < 1.29 is 27.8 Å². The molecule has 0 saturated carbocycles. The van der Waals surface area contributed by atoms with E-state index in [9.17, 15) is 18.0 Å². The highest BCUT2D eigenvalue weighted by Crippen LogP contribution is 2.33. The number of nitrogens with one attached hydrogen (secondary N) is 1. The number of hydrogen-bond donors (Lipinski definition) is 2. The summed E-state index contributed by atoms with van der Waals surface area (Å²) in [5.41, 5.74) is 3.18. The van der Waals surface area contributed by atoms with Gasteiger partial charge in [0.25, 0.3) is 0 Å². The molecule has 188 valence electrons. The van der Waals surface area contributed by atoms with Gasteiger partial charge in [0.15, 0.2) is 6.10 Å². The molecule has 1 heterocycles. The highest BCUT2D eigenvalue weighted by molar-refractivity contribution is 5.72. The second-order valence-corrected chi connectivity index (χ2v) is 8.49. The Balaban J connectivity index is 1.90. The minimum Gasteiger partial charge on any atom is -0.479 e. The number of ether oxygens (including phenoxy) is 1. The number of aryl methyl sites for hydroxylation is 2. The van der Waals surface area contributed by atoms with Crippen LogP contribution in [0.3, 0.4) is 0 Å².